The summed E-state index contributed by atoms with van der Waals surface area (Å²) in [6, 6.07) is 0. The lowest BCUT2D eigenvalue weighted by Gasteiger charge is -2.26. The van der Waals surface area contributed by atoms with Gasteiger partial charge in [-0.05, 0) is 24.8 Å². The Morgan fingerprint density at radius 1 is 1.44 bits per heavy atom. The van der Waals surface area contributed by atoms with Crippen LogP contribution in [0.25, 0.3) is 0 Å². The summed E-state index contributed by atoms with van der Waals surface area (Å²) < 4.78 is 4.83. The van der Waals surface area contributed by atoms with Gasteiger partial charge in [0.2, 0.25) is 5.91 Å². The zero-order valence-electron chi connectivity index (χ0n) is 12.1. The number of nitrogens with two attached hydrogens (primary N) is 1. The van der Waals surface area contributed by atoms with E-state index in [0.717, 1.165) is 12.8 Å². The van der Waals surface area contributed by atoms with Gasteiger partial charge in [0.1, 0.15) is 0 Å². The highest BCUT2D eigenvalue weighted by Gasteiger charge is 2.20. The summed E-state index contributed by atoms with van der Waals surface area (Å²) in [7, 11) is 3.23. The van der Waals surface area contributed by atoms with Crippen LogP contribution in [0, 0.1) is 5.41 Å². The first-order chi connectivity index (χ1) is 8.32. The van der Waals surface area contributed by atoms with Crippen LogP contribution < -0.4 is 5.73 Å². The average Bonchev–Trinajstić information content (AvgIpc) is 2.26. The smallest absolute Gasteiger partial charge is 0.222 e. The molecule has 1 amide bonds. The van der Waals surface area contributed by atoms with Crippen LogP contribution >= 0.6 is 0 Å². The molecule has 18 heavy (non-hydrogen) atoms. The molecular weight excluding hydrogens is 232 g/mol. The molecule has 0 radical (unpaired) electrons. The number of aliphatic hydroxyl groups is 1. The Hall–Kier alpha value is -0.650. The highest BCUT2D eigenvalue weighted by atomic mass is 16.5. The lowest BCUT2D eigenvalue weighted by atomic mass is 9.84. The molecule has 0 fully saturated rings. The molecule has 0 saturated heterocycles. The van der Waals surface area contributed by atoms with E-state index < -0.39 is 6.10 Å². The quantitative estimate of drug-likeness (QED) is 0.637. The van der Waals surface area contributed by atoms with Gasteiger partial charge in [0.25, 0.3) is 0 Å². The molecule has 0 heterocycles. The van der Waals surface area contributed by atoms with Gasteiger partial charge < -0.3 is 20.5 Å². The maximum absolute atomic E-state index is 11.9. The summed E-state index contributed by atoms with van der Waals surface area (Å²) in [4.78, 5) is 13.4. The van der Waals surface area contributed by atoms with Crippen LogP contribution in [0.2, 0.25) is 0 Å². The van der Waals surface area contributed by atoms with E-state index in [1.54, 1.807) is 11.9 Å². The third kappa shape index (κ3) is 7.63. The van der Waals surface area contributed by atoms with Crippen LogP contribution in [0.5, 0.6) is 0 Å². The van der Waals surface area contributed by atoms with E-state index in [-0.39, 0.29) is 17.9 Å². The minimum Gasteiger partial charge on any atom is -0.389 e. The molecule has 3 N–H and O–H groups in total. The van der Waals surface area contributed by atoms with E-state index in [9.17, 15) is 9.90 Å². The van der Waals surface area contributed by atoms with Crippen molar-refractivity contribution in [3.05, 3.63) is 0 Å². The van der Waals surface area contributed by atoms with E-state index in [1.165, 1.54) is 7.11 Å². The van der Waals surface area contributed by atoms with Gasteiger partial charge in [0, 0.05) is 27.1 Å². The number of carbonyl (C=O) groups is 1. The largest absolute Gasteiger partial charge is 0.389 e. The molecule has 1 unspecified atom stereocenters. The van der Waals surface area contributed by atoms with E-state index in [2.05, 4.69) is 13.8 Å². The van der Waals surface area contributed by atoms with Gasteiger partial charge in [0.15, 0.2) is 0 Å². The maximum atomic E-state index is 11.9. The van der Waals surface area contributed by atoms with Gasteiger partial charge in [-0.3, -0.25) is 4.79 Å². The lowest BCUT2D eigenvalue weighted by Crippen LogP contribution is -2.36. The minimum absolute atomic E-state index is 0.0512. The fraction of sp³-hybridized carbons (Fsp3) is 0.923. The Morgan fingerprint density at radius 3 is 2.56 bits per heavy atom. The number of likely N-dealkylation sites (N-methyl/N-ethyl adjacent to an activating group) is 1. The first kappa shape index (κ1) is 17.4. The van der Waals surface area contributed by atoms with Crippen molar-refractivity contribution < 1.29 is 14.6 Å². The van der Waals surface area contributed by atoms with Crippen molar-refractivity contribution in [2.75, 3.05) is 33.9 Å². The number of carbonyl (C=O) groups excluding carboxylic acids is 1. The molecule has 0 saturated carbocycles. The molecule has 0 aromatic carbocycles. The van der Waals surface area contributed by atoms with Crippen LogP contribution in [0.3, 0.4) is 0 Å². The lowest BCUT2D eigenvalue weighted by molar-refractivity contribution is -0.132. The second-order valence-corrected chi connectivity index (χ2v) is 5.59. The summed E-state index contributed by atoms with van der Waals surface area (Å²) in [5.74, 6) is 0.0512. The molecule has 0 aromatic rings. The second-order valence-electron chi connectivity index (χ2n) is 5.59. The van der Waals surface area contributed by atoms with Crippen LogP contribution in [0.4, 0.5) is 0 Å². The summed E-state index contributed by atoms with van der Waals surface area (Å²) >= 11 is 0. The molecular formula is C13H28N2O3. The molecule has 1 atom stereocenters. The van der Waals surface area contributed by atoms with Crippen molar-refractivity contribution >= 4 is 5.91 Å². The van der Waals surface area contributed by atoms with Crippen LogP contribution in [-0.4, -0.2) is 55.9 Å². The van der Waals surface area contributed by atoms with Crippen molar-refractivity contribution in [2.24, 2.45) is 11.1 Å². The number of ether oxygens (including phenoxy) is 1. The van der Waals surface area contributed by atoms with Crippen molar-refractivity contribution in [3.8, 4) is 0 Å². The van der Waals surface area contributed by atoms with E-state index in [1.807, 2.05) is 0 Å². The fourth-order valence-corrected chi connectivity index (χ4v) is 1.81. The summed E-state index contributed by atoms with van der Waals surface area (Å²) in [6.07, 6.45) is 1.59. The van der Waals surface area contributed by atoms with Crippen molar-refractivity contribution in [1.29, 1.82) is 0 Å². The van der Waals surface area contributed by atoms with Crippen LogP contribution in [0.15, 0.2) is 0 Å². The number of amides is 1. The molecule has 0 aliphatic carbocycles. The molecule has 108 valence electrons. The number of rotatable bonds is 9. The normalized spacial score (nSPS) is 13.4. The number of nitrogens with zero attached hydrogens (tertiary/aromatic N) is 1. The first-order valence-electron chi connectivity index (χ1n) is 6.43. The number of hydrogen-bond donors (Lipinski definition) is 2. The third-order valence-corrected chi connectivity index (χ3v) is 3.11. The van der Waals surface area contributed by atoms with Crippen molar-refractivity contribution in [1.82, 2.24) is 4.90 Å². The molecule has 0 aliphatic heterocycles. The highest BCUT2D eigenvalue weighted by molar-refractivity contribution is 5.75. The predicted molar refractivity (Wildman–Crippen MR) is 72.2 cm³/mol. The molecule has 5 heteroatoms. The van der Waals surface area contributed by atoms with E-state index in [4.69, 9.17) is 10.5 Å². The zero-order chi connectivity index (χ0) is 14.2. The van der Waals surface area contributed by atoms with Crippen molar-refractivity contribution in [3.63, 3.8) is 0 Å². The molecule has 0 rings (SSSR count). The number of aliphatic hydroxyl groups excluding tert-OH is 1. The third-order valence-electron chi connectivity index (χ3n) is 3.11. The molecule has 0 aromatic heterocycles. The molecule has 0 spiro atoms. The summed E-state index contributed by atoms with van der Waals surface area (Å²) in [6.45, 7) is 5.43. The summed E-state index contributed by atoms with van der Waals surface area (Å²) in [5.41, 5.74) is 5.63. The van der Waals surface area contributed by atoms with Gasteiger partial charge in [-0.2, -0.15) is 0 Å². The SMILES string of the molecule is COCC(O)CN(C)C(=O)CCC(C)(C)CCN. The topological polar surface area (TPSA) is 75.8 Å². The maximum Gasteiger partial charge on any atom is 0.222 e. The van der Waals surface area contributed by atoms with Gasteiger partial charge in [0.05, 0.1) is 12.7 Å². The average molecular weight is 260 g/mol. The first-order valence-corrected chi connectivity index (χ1v) is 6.43. The Bertz CT molecular complexity index is 244. The van der Waals surface area contributed by atoms with Crippen LogP contribution in [-0.2, 0) is 9.53 Å². The van der Waals surface area contributed by atoms with Gasteiger partial charge >= 0.3 is 0 Å². The van der Waals surface area contributed by atoms with E-state index >= 15 is 0 Å². The predicted octanol–water partition coefficient (Wildman–Crippen LogP) is 0.607. The number of methoxy groups -OCH3 is 1. The standard InChI is InChI=1S/C13H28N2O3/c1-13(2,7-8-14)6-5-12(17)15(3)9-11(16)10-18-4/h11,16H,5-10,14H2,1-4H3. The van der Waals surface area contributed by atoms with Gasteiger partial charge in [-0.25, -0.2) is 0 Å². The zero-order valence-corrected chi connectivity index (χ0v) is 12.1. The Balaban J connectivity index is 4.01. The minimum atomic E-state index is -0.624. The number of hydrogen-bond acceptors (Lipinski definition) is 4. The Kier molecular flexibility index (Phi) is 8.15. The Labute approximate surface area is 110 Å². The summed E-state index contributed by atoms with van der Waals surface area (Å²) in [5, 5.41) is 9.55. The van der Waals surface area contributed by atoms with Gasteiger partial charge in [-0.15, -0.1) is 0 Å². The van der Waals surface area contributed by atoms with E-state index in [0.29, 0.717) is 19.5 Å². The molecule has 0 bridgehead atoms. The van der Waals surface area contributed by atoms with Crippen LogP contribution in [0.1, 0.15) is 33.1 Å². The monoisotopic (exact) mass is 260 g/mol. The molecule has 0 aliphatic rings. The van der Waals surface area contributed by atoms with Gasteiger partial charge in [-0.1, -0.05) is 13.8 Å². The molecule has 5 nitrogen and oxygen atoms in total. The highest BCUT2D eigenvalue weighted by Crippen LogP contribution is 2.26. The second kappa shape index (κ2) is 8.45. The fourth-order valence-electron chi connectivity index (χ4n) is 1.81. The Morgan fingerprint density at radius 2 is 2.06 bits per heavy atom. The van der Waals surface area contributed by atoms with Crippen molar-refractivity contribution in [2.45, 2.75) is 39.2 Å².